The summed E-state index contributed by atoms with van der Waals surface area (Å²) in [6.07, 6.45) is 0.659. The lowest BCUT2D eigenvalue weighted by Crippen LogP contribution is -2.39. The molecule has 3 atom stereocenters. The number of aliphatic hydroxyl groups excluding tert-OH is 1. The van der Waals surface area contributed by atoms with Crippen LogP contribution < -0.4 is 9.47 Å². The normalized spacial score (nSPS) is 23.3. The van der Waals surface area contributed by atoms with E-state index in [1.807, 2.05) is 25.2 Å². The number of aliphatic hydroxyl groups is 1. The highest BCUT2D eigenvalue weighted by Gasteiger charge is 2.29. The number of hydrogen-bond acceptors (Lipinski definition) is 5. The summed E-state index contributed by atoms with van der Waals surface area (Å²) in [5.74, 6) is 1.30. The average molecular weight is 295 g/mol. The minimum atomic E-state index is -0.567. The van der Waals surface area contributed by atoms with Crippen molar-refractivity contribution in [1.29, 1.82) is 0 Å². The largest absolute Gasteiger partial charge is 0.493 e. The molecular weight excluding hydrogens is 270 g/mol. The fourth-order valence-electron chi connectivity index (χ4n) is 2.87. The Labute approximate surface area is 126 Å². The van der Waals surface area contributed by atoms with Gasteiger partial charge < -0.3 is 19.3 Å². The first-order valence-electron chi connectivity index (χ1n) is 7.28. The Morgan fingerprint density at radius 2 is 2.05 bits per heavy atom. The summed E-state index contributed by atoms with van der Waals surface area (Å²) in [6.45, 7) is 3.44. The molecule has 0 aliphatic carbocycles. The molecule has 21 heavy (non-hydrogen) atoms. The minimum Gasteiger partial charge on any atom is -0.493 e. The van der Waals surface area contributed by atoms with Gasteiger partial charge >= 0.3 is 0 Å². The Morgan fingerprint density at radius 3 is 2.62 bits per heavy atom. The highest BCUT2D eigenvalue weighted by Crippen LogP contribution is 2.30. The molecule has 1 aromatic carbocycles. The van der Waals surface area contributed by atoms with Crippen molar-refractivity contribution in [2.75, 3.05) is 34.4 Å². The van der Waals surface area contributed by atoms with Crippen molar-refractivity contribution in [2.45, 2.75) is 31.6 Å². The number of likely N-dealkylation sites (N-methyl/N-ethyl adjacent to an activating group) is 1. The van der Waals surface area contributed by atoms with E-state index in [1.54, 1.807) is 14.2 Å². The molecule has 2 rings (SSSR count). The molecule has 1 heterocycles. The van der Waals surface area contributed by atoms with E-state index >= 15 is 0 Å². The van der Waals surface area contributed by atoms with E-state index in [-0.39, 0.29) is 6.10 Å². The third-order valence-electron chi connectivity index (χ3n) is 4.16. The molecule has 3 unspecified atom stereocenters. The van der Waals surface area contributed by atoms with E-state index in [0.29, 0.717) is 24.1 Å². The second-order valence-electron chi connectivity index (χ2n) is 5.50. The quantitative estimate of drug-likeness (QED) is 0.868. The predicted octanol–water partition coefficient (Wildman–Crippen LogP) is 1.85. The summed E-state index contributed by atoms with van der Waals surface area (Å²) in [5.41, 5.74) is 0.825. The van der Waals surface area contributed by atoms with Gasteiger partial charge in [0.25, 0.3) is 0 Å². The van der Waals surface area contributed by atoms with E-state index < -0.39 is 6.10 Å². The van der Waals surface area contributed by atoms with Gasteiger partial charge in [-0.2, -0.15) is 0 Å². The maximum absolute atomic E-state index is 10.4. The van der Waals surface area contributed by atoms with E-state index in [4.69, 9.17) is 14.2 Å². The van der Waals surface area contributed by atoms with Gasteiger partial charge in [0, 0.05) is 19.2 Å². The number of hydrogen-bond donors (Lipinski definition) is 1. The third-order valence-corrected chi connectivity index (χ3v) is 4.16. The van der Waals surface area contributed by atoms with Crippen molar-refractivity contribution in [1.82, 2.24) is 4.90 Å². The summed E-state index contributed by atoms with van der Waals surface area (Å²) in [4.78, 5) is 2.17. The molecule has 0 radical (unpaired) electrons. The molecule has 0 amide bonds. The van der Waals surface area contributed by atoms with Crippen LogP contribution in [-0.2, 0) is 4.74 Å². The SMILES string of the molecule is COc1ccc(C(O)CN(C)C2CCOC2C)cc1OC. The molecule has 1 aliphatic heterocycles. The molecule has 0 saturated carbocycles. The Balaban J connectivity index is 2.04. The van der Waals surface area contributed by atoms with Gasteiger partial charge in [-0.15, -0.1) is 0 Å². The molecule has 1 saturated heterocycles. The molecule has 118 valence electrons. The Bertz CT molecular complexity index is 466. The van der Waals surface area contributed by atoms with E-state index in [9.17, 15) is 5.11 Å². The first kappa shape index (κ1) is 16.1. The van der Waals surface area contributed by atoms with E-state index in [0.717, 1.165) is 18.6 Å². The van der Waals surface area contributed by atoms with Crippen LogP contribution in [-0.4, -0.2) is 56.6 Å². The van der Waals surface area contributed by atoms with Gasteiger partial charge in [-0.1, -0.05) is 6.07 Å². The van der Waals surface area contributed by atoms with Crippen molar-refractivity contribution in [2.24, 2.45) is 0 Å². The zero-order valence-electron chi connectivity index (χ0n) is 13.2. The van der Waals surface area contributed by atoms with Gasteiger partial charge in [0.15, 0.2) is 11.5 Å². The first-order chi connectivity index (χ1) is 10.1. The van der Waals surface area contributed by atoms with Gasteiger partial charge in [-0.25, -0.2) is 0 Å². The molecular formula is C16H25NO4. The predicted molar refractivity (Wildman–Crippen MR) is 81.0 cm³/mol. The fourth-order valence-corrected chi connectivity index (χ4v) is 2.87. The number of nitrogens with zero attached hydrogens (tertiary/aromatic N) is 1. The molecule has 0 bridgehead atoms. The summed E-state index contributed by atoms with van der Waals surface area (Å²) in [5, 5.41) is 10.4. The first-order valence-corrected chi connectivity index (χ1v) is 7.28. The second kappa shape index (κ2) is 7.11. The van der Waals surface area contributed by atoms with Crippen LogP contribution in [0.4, 0.5) is 0 Å². The number of ether oxygens (including phenoxy) is 3. The second-order valence-corrected chi connectivity index (χ2v) is 5.50. The monoisotopic (exact) mass is 295 g/mol. The number of rotatable bonds is 6. The highest BCUT2D eigenvalue weighted by molar-refractivity contribution is 5.43. The van der Waals surface area contributed by atoms with Crippen LogP contribution in [0.1, 0.15) is 25.0 Å². The average Bonchev–Trinajstić information content (AvgIpc) is 2.92. The van der Waals surface area contributed by atoms with Crippen LogP contribution >= 0.6 is 0 Å². The minimum absolute atomic E-state index is 0.215. The molecule has 1 aromatic rings. The summed E-state index contributed by atoms with van der Waals surface area (Å²) >= 11 is 0. The molecule has 1 aliphatic rings. The summed E-state index contributed by atoms with van der Waals surface area (Å²) < 4.78 is 16.1. The third kappa shape index (κ3) is 3.67. The van der Waals surface area contributed by atoms with Crippen LogP contribution in [0.3, 0.4) is 0 Å². The van der Waals surface area contributed by atoms with E-state index in [2.05, 4.69) is 11.8 Å². The van der Waals surface area contributed by atoms with Gasteiger partial charge in [-0.05, 0) is 38.1 Å². The van der Waals surface area contributed by atoms with Crippen LogP contribution in [0, 0.1) is 0 Å². The highest BCUT2D eigenvalue weighted by atomic mass is 16.5. The Kier molecular flexibility index (Phi) is 5.45. The van der Waals surface area contributed by atoms with Crippen molar-refractivity contribution < 1.29 is 19.3 Å². The van der Waals surface area contributed by atoms with Crippen LogP contribution in [0.25, 0.3) is 0 Å². The van der Waals surface area contributed by atoms with Gasteiger partial charge in [0.1, 0.15) is 0 Å². The van der Waals surface area contributed by atoms with Gasteiger partial charge in [-0.3, -0.25) is 4.90 Å². The lowest BCUT2D eigenvalue weighted by Gasteiger charge is -2.28. The van der Waals surface area contributed by atoms with Crippen molar-refractivity contribution in [3.63, 3.8) is 0 Å². The lowest BCUT2D eigenvalue weighted by molar-refractivity contribution is 0.0578. The number of methoxy groups -OCH3 is 2. The zero-order chi connectivity index (χ0) is 15.4. The smallest absolute Gasteiger partial charge is 0.161 e. The van der Waals surface area contributed by atoms with E-state index in [1.165, 1.54) is 0 Å². The van der Waals surface area contributed by atoms with Crippen molar-refractivity contribution in [3.8, 4) is 11.5 Å². The van der Waals surface area contributed by atoms with Crippen LogP contribution in [0.5, 0.6) is 11.5 Å². The lowest BCUT2D eigenvalue weighted by atomic mass is 10.1. The summed E-state index contributed by atoms with van der Waals surface area (Å²) in [6, 6.07) is 5.87. The maximum Gasteiger partial charge on any atom is 0.161 e. The topological polar surface area (TPSA) is 51.2 Å². The molecule has 0 aromatic heterocycles. The molecule has 1 fully saturated rings. The van der Waals surface area contributed by atoms with Crippen LogP contribution in [0.2, 0.25) is 0 Å². The molecule has 5 heteroatoms. The Hall–Kier alpha value is -1.30. The molecule has 1 N–H and O–H groups in total. The fraction of sp³-hybridized carbons (Fsp3) is 0.625. The molecule has 0 spiro atoms. The van der Waals surface area contributed by atoms with Gasteiger partial charge in [0.05, 0.1) is 26.4 Å². The zero-order valence-corrected chi connectivity index (χ0v) is 13.2. The van der Waals surface area contributed by atoms with Crippen molar-refractivity contribution >= 4 is 0 Å². The Morgan fingerprint density at radius 1 is 1.33 bits per heavy atom. The number of benzene rings is 1. The molecule has 5 nitrogen and oxygen atoms in total. The standard InChI is InChI=1S/C16H25NO4/c1-11-13(7-8-21-11)17(2)10-14(18)12-5-6-15(19-3)16(9-12)20-4/h5-6,9,11,13-14,18H,7-8,10H2,1-4H3. The van der Waals surface area contributed by atoms with Crippen LogP contribution in [0.15, 0.2) is 18.2 Å². The summed E-state index contributed by atoms with van der Waals surface area (Å²) in [7, 11) is 5.22. The maximum atomic E-state index is 10.4. The van der Waals surface area contributed by atoms with Gasteiger partial charge in [0.2, 0.25) is 0 Å². The van der Waals surface area contributed by atoms with Crippen molar-refractivity contribution in [3.05, 3.63) is 23.8 Å².